The van der Waals surface area contributed by atoms with E-state index in [1.807, 2.05) is 25.1 Å². The van der Waals surface area contributed by atoms with Gasteiger partial charge in [0.1, 0.15) is 5.75 Å². The molecule has 0 aliphatic heterocycles. The highest BCUT2D eigenvalue weighted by Crippen LogP contribution is 2.18. The zero-order valence-corrected chi connectivity index (χ0v) is 17.0. The molecule has 0 aromatic heterocycles. The number of aliphatic hydroxyl groups is 1. The quantitative estimate of drug-likeness (QED) is 0.356. The summed E-state index contributed by atoms with van der Waals surface area (Å²) in [7, 11) is 0. The molecule has 1 saturated carbocycles. The number of hydrogen-bond donors (Lipinski definition) is 3. The van der Waals surface area contributed by atoms with Gasteiger partial charge in [0.2, 0.25) is 0 Å². The second-order valence-electron chi connectivity index (χ2n) is 5.93. The van der Waals surface area contributed by atoms with E-state index < -0.39 is 0 Å². The van der Waals surface area contributed by atoms with Crippen molar-refractivity contribution < 1.29 is 9.84 Å². The molecular weight excluding hydrogens is 417 g/mol. The predicted octanol–water partition coefficient (Wildman–Crippen LogP) is 3.06. The van der Waals surface area contributed by atoms with Gasteiger partial charge >= 0.3 is 0 Å². The lowest BCUT2D eigenvalue weighted by molar-refractivity contribution is 0.120. The van der Waals surface area contributed by atoms with E-state index >= 15 is 0 Å². The summed E-state index contributed by atoms with van der Waals surface area (Å²) in [6, 6.07) is 8.46. The third-order valence-corrected chi connectivity index (χ3v) is 4.01. The minimum Gasteiger partial charge on any atom is -0.494 e. The van der Waals surface area contributed by atoms with Crippen LogP contribution in [0.1, 0.15) is 45.1 Å². The van der Waals surface area contributed by atoms with Crippen molar-refractivity contribution in [2.24, 2.45) is 4.99 Å². The Hall–Kier alpha value is -1.02. The van der Waals surface area contributed by atoms with Gasteiger partial charge in [0, 0.05) is 12.6 Å². The van der Waals surface area contributed by atoms with Crippen LogP contribution in [0.3, 0.4) is 0 Å². The molecule has 3 N–H and O–H groups in total. The molecule has 24 heavy (non-hydrogen) atoms. The third-order valence-electron chi connectivity index (χ3n) is 4.01. The first-order valence-corrected chi connectivity index (χ1v) is 8.66. The topological polar surface area (TPSA) is 65.9 Å². The molecule has 0 bridgehead atoms. The van der Waals surface area contributed by atoms with Gasteiger partial charge in [-0.05, 0) is 57.2 Å². The number of hydrogen-bond acceptors (Lipinski definition) is 3. The minimum absolute atomic E-state index is 0. The number of nitrogens with one attached hydrogen (secondary N) is 2. The van der Waals surface area contributed by atoms with Crippen molar-refractivity contribution in [3.8, 4) is 5.75 Å². The Morgan fingerprint density at radius 2 is 2.00 bits per heavy atom. The van der Waals surface area contributed by atoms with Crippen LogP contribution in [-0.2, 0) is 6.54 Å². The summed E-state index contributed by atoms with van der Waals surface area (Å²) in [4.78, 5) is 4.67. The fourth-order valence-electron chi connectivity index (χ4n) is 2.80. The molecule has 5 nitrogen and oxygen atoms in total. The van der Waals surface area contributed by atoms with Crippen LogP contribution in [0.2, 0.25) is 0 Å². The molecule has 1 fully saturated rings. The lowest BCUT2D eigenvalue weighted by atomic mass is 9.93. The van der Waals surface area contributed by atoms with Gasteiger partial charge in [0.15, 0.2) is 5.96 Å². The van der Waals surface area contributed by atoms with Crippen molar-refractivity contribution in [2.75, 3.05) is 13.2 Å². The molecule has 1 aliphatic rings. The van der Waals surface area contributed by atoms with E-state index in [0.29, 0.717) is 19.2 Å². The molecule has 0 heterocycles. The Morgan fingerprint density at radius 1 is 1.25 bits per heavy atom. The maximum Gasteiger partial charge on any atom is 0.191 e. The van der Waals surface area contributed by atoms with Crippen LogP contribution >= 0.6 is 24.0 Å². The second-order valence-corrected chi connectivity index (χ2v) is 5.93. The molecule has 0 spiro atoms. The van der Waals surface area contributed by atoms with E-state index in [-0.39, 0.29) is 30.1 Å². The lowest BCUT2D eigenvalue weighted by Crippen LogP contribution is -2.45. The van der Waals surface area contributed by atoms with Gasteiger partial charge in [0.25, 0.3) is 0 Å². The number of benzene rings is 1. The first kappa shape index (κ1) is 21.0. The normalized spacial score (nSPS) is 20.9. The number of nitrogens with zero attached hydrogens (tertiary/aromatic N) is 1. The molecule has 0 saturated heterocycles. The molecule has 0 amide bonds. The summed E-state index contributed by atoms with van der Waals surface area (Å²) < 4.78 is 5.53. The van der Waals surface area contributed by atoms with E-state index in [1.165, 1.54) is 0 Å². The Labute approximate surface area is 162 Å². The van der Waals surface area contributed by atoms with Crippen molar-refractivity contribution in [3.63, 3.8) is 0 Å². The highest BCUT2D eigenvalue weighted by atomic mass is 127. The average Bonchev–Trinajstić information content (AvgIpc) is 2.56. The molecule has 1 aromatic rings. The van der Waals surface area contributed by atoms with Crippen LogP contribution in [0.15, 0.2) is 29.3 Å². The van der Waals surface area contributed by atoms with Crippen molar-refractivity contribution in [1.82, 2.24) is 10.6 Å². The molecule has 6 heteroatoms. The largest absolute Gasteiger partial charge is 0.494 e. The van der Waals surface area contributed by atoms with E-state index in [0.717, 1.165) is 49.5 Å². The molecule has 2 rings (SSSR count). The molecule has 136 valence electrons. The zero-order valence-electron chi connectivity index (χ0n) is 14.6. The monoisotopic (exact) mass is 447 g/mol. The summed E-state index contributed by atoms with van der Waals surface area (Å²) in [5.74, 6) is 1.73. The number of rotatable bonds is 6. The van der Waals surface area contributed by atoms with E-state index in [1.54, 1.807) is 0 Å². The van der Waals surface area contributed by atoms with Crippen molar-refractivity contribution in [2.45, 2.75) is 58.2 Å². The van der Waals surface area contributed by atoms with Crippen LogP contribution in [0.4, 0.5) is 0 Å². The second kappa shape index (κ2) is 11.5. The minimum atomic E-state index is -0.131. The highest BCUT2D eigenvalue weighted by molar-refractivity contribution is 14.0. The van der Waals surface area contributed by atoms with Gasteiger partial charge in [-0.1, -0.05) is 12.1 Å². The maximum absolute atomic E-state index is 9.60. The van der Waals surface area contributed by atoms with Crippen molar-refractivity contribution in [1.29, 1.82) is 0 Å². The van der Waals surface area contributed by atoms with Crippen LogP contribution in [0.25, 0.3) is 0 Å². The molecule has 1 aromatic carbocycles. The summed E-state index contributed by atoms with van der Waals surface area (Å²) in [5, 5.41) is 16.4. The first-order chi connectivity index (χ1) is 11.2. The van der Waals surface area contributed by atoms with Crippen LogP contribution in [0, 0.1) is 0 Å². The van der Waals surface area contributed by atoms with E-state index in [4.69, 9.17) is 4.74 Å². The number of ether oxygens (including phenoxy) is 1. The number of guanidine groups is 1. The predicted molar refractivity (Wildman–Crippen MR) is 109 cm³/mol. The van der Waals surface area contributed by atoms with Gasteiger partial charge in [-0.25, -0.2) is 4.99 Å². The fraction of sp³-hybridized carbons (Fsp3) is 0.611. The standard InChI is InChI=1S/C18H29N3O2.HI/c1-3-19-18(21-15-8-10-16(22)11-9-15)20-13-14-6-5-7-17(12-14)23-4-2;/h5-7,12,15-16,22H,3-4,8-11,13H2,1-2H3,(H2,19,20,21);1H. The van der Waals surface area contributed by atoms with Crippen LogP contribution in [0.5, 0.6) is 5.75 Å². The summed E-state index contributed by atoms with van der Waals surface area (Å²) >= 11 is 0. The average molecular weight is 447 g/mol. The molecule has 0 unspecified atom stereocenters. The first-order valence-electron chi connectivity index (χ1n) is 8.66. The SMILES string of the molecule is CCNC(=NCc1cccc(OCC)c1)NC1CCC(O)CC1.I. The van der Waals surface area contributed by atoms with Crippen LogP contribution in [-0.4, -0.2) is 36.4 Å². The van der Waals surface area contributed by atoms with Gasteiger partial charge in [0.05, 0.1) is 19.3 Å². The summed E-state index contributed by atoms with van der Waals surface area (Å²) in [5.41, 5.74) is 1.13. The van der Waals surface area contributed by atoms with Crippen molar-refractivity contribution >= 4 is 29.9 Å². The summed E-state index contributed by atoms with van der Waals surface area (Å²) in [6.45, 7) is 6.17. The van der Waals surface area contributed by atoms with E-state index in [9.17, 15) is 5.11 Å². The number of halogens is 1. The maximum atomic E-state index is 9.60. The third kappa shape index (κ3) is 7.25. The zero-order chi connectivity index (χ0) is 16.5. The Kier molecular flexibility index (Phi) is 10.1. The highest BCUT2D eigenvalue weighted by Gasteiger charge is 2.19. The number of aliphatic imine (C=N–C) groups is 1. The molecule has 0 radical (unpaired) electrons. The van der Waals surface area contributed by atoms with Gasteiger partial charge in [-0.2, -0.15) is 0 Å². The lowest BCUT2D eigenvalue weighted by Gasteiger charge is -2.27. The fourth-order valence-corrected chi connectivity index (χ4v) is 2.80. The smallest absolute Gasteiger partial charge is 0.191 e. The van der Waals surface area contributed by atoms with Gasteiger partial charge in [-0.3, -0.25) is 0 Å². The molecular formula is C18H30IN3O2. The van der Waals surface area contributed by atoms with Crippen molar-refractivity contribution in [3.05, 3.63) is 29.8 Å². The Bertz CT molecular complexity index is 503. The molecule has 0 atom stereocenters. The van der Waals surface area contributed by atoms with Gasteiger partial charge in [-0.15, -0.1) is 24.0 Å². The Morgan fingerprint density at radius 3 is 2.67 bits per heavy atom. The Balaban J connectivity index is 0.00000288. The van der Waals surface area contributed by atoms with E-state index in [2.05, 4.69) is 28.6 Å². The van der Waals surface area contributed by atoms with Gasteiger partial charge < -0.3 is 20.5 Å². The summed E-state index contributed by atoms with van der Waals surface area (Å²) in [6.07, 6.45) is 3.59. The van der Waals surface area contributed by atoms with Crippen LogP contribution < -0.4 is 15.4 Å². The molecule has 1 aliphatic carbocycles. The number of aliphatic hydroxyl groups excluding tert-OH is 1.